The molecule has 0 aliphatic carbocycles. The zero-order chi connectivity index (χ0) is 14.5. The Bertz CT molecular complexity index is 420. The van der Waals surface area contributed by atoms with Gasteiger partial charge < -0.3 is 15.0 Å². The highest BCUT2D eigenvalue weighted by atomic mass is 16.5. The van der Waals surface area contributed by atoms with Crippen LogP contribution in [0.4, 0.5) is 5.69 Å². The highest BCUT2D eigenvalue weighted by Gasteiger charge is 2.21. The molecule has 4 nitrogen and oxygen atoms in total. The van der Waals surface area contributed by atoms with Gasteiger partial charge in [0, 0.05) is 38.4 Å². The second-order valence-electron chi connectivity index (χ2n) is 6.18. The van der Waals surface area contributed by atoms with Gasteiger partial charge in [0.2, 0.25) is 0 Å². The Kier molecular flexibility index (Phi) is 4.99. The average Bonchev–Trinajstić information content (AvgIpc) is 2.57. The summed E-state index contributed by atoms with van der Waals surface area (Å²) >= 11 is 0. The van der Waals surface area contributed by atoms with E-state index in [9.17, 15) is 0 Å². The van der Waals surface area contributed by atoms with E-state index in [4.69, 9.17) is 4.74 Å². The van der Waals surface area contributed by atoms with Crippen LogP contribution in [0, 0.1) is 5.92 Å². The molecular weight excluding hydrogens is 262 g/mol. The molecule has 3 rings (SSSR count). The van der Waals surface area contributed by atoms with Crippen LogP contribution in [0.5, 0.6) is 5.75 Å². The van der Waals surface area contributed by atoms with Crippen molar-refractivity contribution in [3.63, 3.8) is 0 Å². The monoisotopic (exact) mass is 289 g/mol. The maximum Gasteiger partial charge on any atom is 0.119 e. The van der Waals surface area contributed by atoms with E-state index in [1.807, 2.05) is 0 Å². The topological polar surface area (TPSA) is 27.7 Å². The van der Waals surface area contributed by atoms with E-state index < -0.39 is 0 Å². The van der Waals surface area contributed by atoms with E-state index in [0.717, 1.165) is 24.8 Å². The summed E-state index contributed by atoms with van der Waals surface area (Å²) in [5.41, 5.74) is 1.32. The summed E-state index contributed by atoms with van der Waals surface area (Å²) in [5.74, 6) is 1.84. The second-order valence-corrected chi connectivity index (χ2v) is 6.18. The quantitative estimate of drug-likeness (QED) is 0.915. The number of hydrogen-bond donors (Lipinski definition) is 1. The molecule has 4 heteroatoms. The number of nitrogens with one attached hydrogen (secondary N) is 1. The summed E-state index contributed by atoms with van der Waals surface area (Å²) < 4.78 is 5.23. The molecule has 2 fully saturated rings. The summed E-state index contributed by atoms with van der Waals surface area (Å²) in [6, 6.07) is 8.44. The fraction of sp³-hybridized carbons (Fsp3) is 0.647. The fourth-order valence-corrected chi connectivity index (χ4v) is 3.41. The normalized spacial score (nSPS) is 21.5. The lowest BCUT2D eigenvalue weighted by Gasteiger charge is -2.38. The van der Waals surface area contributed by atoms with E-state index in [2.05, 4.69) is 39.4 Å². The molecule has 0 spiro atoms. The molecule has 2 aliphatic heterocycles. The molecule has 1 N–H and O–H groups in total. The summed E-state index contributed by atoms with van der Waals surface area (Å²) in [5, 5.41) is 3.45. The van der Waals surface area contributed by atoms with E-state index >= 15 is 0 Å². The zero-order valence-electron chi connectivity index (χ0n) is 13.1. The number of anilines is 1. The SMILES string of the molecule is COc1ccc(N2CCN(CC3CCNCC3)CC2)cc1. The van der Waals surface area contributed by atoms with Gasteiger partial charge in [-0.25, -0.2) is 0 Å². The Hall–Kier alpha value is -1.26. The first-order valence-electron chi connectivity index (χ1n) is 8.17. The smallest absolute Gasteiger partial charge is 0.119 e. The lowest BCUT2D eigenvalue weighted by atomic mass is 9.97. The number of ether oxygens (including phenoxy) is 1. The molecule has 0 amide bonds. The molecule has 2 aliphatic rings. The van der Waals surface area contributed by atoms with Crippen LogP contribution in [0.3, 0.4) is 0 Å². The van der Waals surface area contributed by atoms with Gasteiger partial charge in [0.1, 0.15) is 5.75 Å². The molecule has 1 aromatic carbocycles. The Morgan fingerprint density at radius 3 is 2.33 bits per heavy atom. The third-order valence-corrected chi connectivity index (χ3v) is 4.78. The average molecular weight is 289 g/mol. The molecule has 0 unspecified atom stereocenters. The van der Waals surface area contributed by atoms with Crippen molar-refractivity contribution in [3.05, 3.63) is 24.3 Å². The van der Waals surface area contributed by atoms with Gasteiger partial charge in [-0.1, -0.05) is 0 Å². The number of piperidine rings is 1. The number of piperazine rings is 1. The van der Waals surface area contributed by atoms with Crippen LogP contribution < -0.4 is 15.0 Å². The first kappa shape index (κ1) is 14.7. The van der Waals surface area contributed by atoms with Crippen molar-refractivity contribution < 1.29 is 4.74 Å². The van der Waals surface area contributed by atoms with Gasteiger partial charge in [-0.15, -0.1) is 0 Å². The van der Waals surface area contributed by atoms with Crippen molar-refractivity contribution in [1.29, 1.82) is 0 Å². The van der Waals surface area contributed by atoms with Crippen LogP contribution in [0.2, 0.25) is 0 Å². The van der Waals surface area contributed by atoms with Crippen LogP contribution in [0.15, 0.2) is 24.3 Å². The lowest BCUT2D eigenvalue weighted by molar-refractivity contribution is 0.196. The summed E-state index contributed by atoms with van der Waals surface area (Å²) in [7, 11) is 1.72. The molecule has 2 saturated heterocycles. The predicted octanol–water partition coefficient (Wildman–Crippen LogP) is 1.82. The first-order chi connectivity index (χ1) is 10.3. The molecule has 21 heavy (non-hydrogen) atoms. The van der Waals surface area contributed by atoms with Crippen LogP contribution in [0.25, 0.3) is 0 Å². The van der Waals surface area contributed by atoms with Crippen LogP contribution in [0.1, 0.15) is 12.8 Å². The molecular formula is C17H27N3O. The van der Waals surface area contributed by atoms with Crippen LogP contribution in [-0.4, -0.2) is 57.8 Å². The molecule has 0 bridgehead atoms. The minimum atomic E-state index is 0.902. The van der Waals surface area contributed by atoms with Gasteiger partial charge in [-0.2, -0.15) is 0 Å². The molecule has 0 radical (unpaired) electrons. The van der Waals surface area contributed by atoms with E-state index in [-0.39, 0.29) is 0 Å². The van der Waals surface area contributed by atoms with Crippen molar-refractivity contribution in [2.75, 3.05) is 57.8 Å². The first-order valence-corrected chi connectivity index (χ1v) is 8.17. The van der Waals surface area contributed by atoms with Crippen molar-refractivity contribution in [2.24, 2.45) is 5.92 Å². The maximum absolute atomic E-state index is 5.23. The van der Waals surface area contributed by atoms with Crippen molar-refractivity contribution in [3.8, 4) is 5.75 Å². The maximum atomic E-state index is 5.23. The highest BCUT2D eigenvalue weighted by molar-refractivity contribution is 5.49. The standard InChI is InChI=1S/C17H27N3O/c1-21-17-4-2-16(3-5-17)20-12-10-19(11-13-20)14-15-6-8-18-9-7-15/h2-5,15,18H,6-14H2,1H3. The summed E-state index contributed by atoms with van der Waals surface area (Å²) in [6.07, 6.45) is 2.69. The van der Waals surface area contributed by atoms with Gasteiger partial charge in [0.05, 0.1) is 7.11 Å². The van der Waals surface area contributed by atoms with Crippen LogP contribution in [-0.2, 0) is 0 Å². The van der Waals surface area contributed by atoms with Gasteiger partial charge in [-0.05, 0) is 56.1 Å². The molecule has 0 atom stereocenters. The summed E-state index contributed by atoms with van der Waals surface area (Å²) in [6.45, 7) is 8.35. The molecule has 0 aromatic heterocycles. The van der Waals surface area contributed by atoms with Gasteiger partial charge in [-0.3, -0.25) is 4.90 Å². The summed E-state index contributed by atoms with van der Waals surface area (Å²) in [4.78, 5) is 5.13. The third kappa shape index (κ3) is 3.89. The van der Waals surface area contributed by atoms with Gasteiger partial charge >= 0.3 is 0 Å². The Morgan fingerprint density at radius 1 is 1.05 bits per heavy atom. The van der Waals surface area contributed by atoms with Gasteiger partial charge in [0.25, 0.3) is 0 Å². The van der Waals surface area contributed by atoms with E-state index in [1.165, 1.54) is 51.3 Å². The fourth-order valence-electron chi connectivity index (χ4n) is 3.41. The largest absolute Gasteiger partial charge is 0.497 e. The van der Waals surface area contributed by atoms with E-state index in [0.29, 0.717) is 0 Å². The molecule has 0 saturated carbocycles. The minimum Gasteiger partial charge on any atom is -0.497 e. The highest BCUT2D eigenvalue weighted by Crippen LogP contribution is 2.21. The van der Waals surface area contributed by atoms with Crippen molar-refractivity contribution >= 4 is 5.69 Å². The second kappa shape index (κ2) is 7.14. The zero-order valence-corrected chi connectivity index (χ0v) is 13.1. The predicted molar refractivity (Wildman–Crippen MR) is 87.2 cm³/mol. The van der Waals surface area contributed by atoms with Crippen molar-refractivity contribution in [1.82, 2.24) is 10.2 Å². The van der Waals surface area contributed by atoms with Crippen molar-refractivity contribution in [2.45, 2.75) is 12.8 Å². The lowest BCUT2D eigenvalue weighted by Crippen LogP contribution is -2.48. The number of benzene rings is 1. The Labute approximate surface area is 128 Å². The minimum absolute atomic E-state index is 0.902. The number of nitrogens with zero attached hydrogens (tertiary/aromatic N) is 2. The Morgan fingerprint density at radius 2 is 1.71 bits per heavy atom. The van der Waals surface area contributed by atoms with Crippen LogP contribution >= 0.6 is 0 Å². The number of methoxy groups -OCH3 is 1. The molecule has 116 valence electrons. The van der Waals surface area contributed by atoms with E-state index in [1.54, 1.807) is 7.11 Å². The molecule has 2 heterocycles. The number of rotatable bonds is 4. The third-order valence-electron chi connectivity index (χ3n) is 4.78. The molecule has 1 aromatic rings. The Balaban J connectivity index is 1.47. The van der Waals surface area contributed by atoms with Gasteiger partial charge in [0.15, 0.2) is 0 Å². The number of hydrogen-bond acceptors (Lipinski definition) is 4.